The monoisotopic (exact) mass is 345 g/mol. The molecular formula is C11H9Br2NO2. The molecule has 1 aliphatic rings. The van der Waals surface area contributed by atoms with E-state index in [0.29, 0.717) is 17.4 Å². The predicted octanol–water partition coefficient (Wildman–Crippen LogP) is 2.68. The molecule has 1 aromatic rings. The van der Waals surface area contributed by atoms with Crippen LogP contribution < -0.4 is 4.90 Å². The fourth-order valence-electron chi connectivity index (χ4n) is 1.90. The Kier molecular flexibility index (Phi) is 3.17. The highest BCUT2D eigenvalue weighted by atomic mass is 79.9. The molecule has 3 nitrogen and oxygen atoms in total. The van der Waals surface area contributed by atoms with Gasteiger partial charge in [-0.2, -0.15) is 0 Å². The van der Waals surface area contributed by atoms with Crippen LogP contribution in [0.15, 0.2) is 16.6 Å². The predicted molar refractivity (Wildman–Crippen MR) is 69.4 cm³/mol. The molecule has 16 heavy (non-hydrogen) atoms. The Morgan fingerprint density at radius 2 is 2.00 bits per heavy atom. The molecule has 0 saturated carbocycles. The third-order valence-corrected chi connectivity index (χ3v) is 3.34. The number of carbonyl (C=O) groups excluding carboxylic acids is 2. The summed E-state index contributed by atoms with van der Waals surface area (Å²) in [7, 11) is 0. The van der Waals surface area contributed by atoms with Crippen molar-refractivity contribution >= 4 is 49.2 Å². The molecule has 0 N–H and O–H groups in total. The minimum absolute atomic E-state index is 0.416. The molecule has 1 aliphatic heterocycles. The highest BCUT2D eigenvalue weighted by Crippen LogP contribution is 2.34. The molecule has 5 heteroatoms. The molecule has 2 rings (SSSR count). The van der Waals surface area contributed by atoms with Crippen LogP contribution in [0.4, 0.5) is 5.69 Å². The van der Waals surface area contributed by atoms with Crippen LogP contribution in [0.25, 0.3) is 0 Å². The van der Waals surface area contributed by atoms with Gasteiger partial charge in [-0.15, -0.1) is 0 Å². The molecule has 0 unspecified atom stereocenters. The molecular weight excluding hydrogens is 338 g/mol. The maximum absolute atomic E-state index is 11.8. The van der Waals surface area contributed by atoms with E-state index < -0.39 is 11.7 Å². The first-order chi connectivity index (χ1) is 7.56. The summed E-state index contributed by atoms with van der Waals surface area (Å²) < 4.78 is 0.825. The number of carbonyl (C=O) groups is 2. The van der Waals surface area contributed by atoms with E-state index in [1.165, 1.54) is 4.90 Å². The molecule has 1 amide bonds. The van der Waals surface area contributed by atoms with Gasteiger partial charge in [-0.1, -0.05) is 31.9 Å². The number of halogens is 2. The summed E-state index contributed by atoms with van der Waals surface area (Å²) in [5.41, 5.74) is 2.18. The maximum atomic E-state index is 11.8. The van der Waals surface area contributed by atoms with Crippen LogP contribution in [0, 0.1) is 6.92 Å². The summed E-state index contributed by atoms with van der Waals surface area (Å²) in [4.78, 5) is 25.1. The molecule has 0 aliphatic carbocycles. The van der Waals surface area contributed by atoms with Gasteiger partial charge in [0, 0.05) is 16.3 Å². The highest BCUT2D eigenvalue weighted by molar-refractivity contribution is 9.10. The molecule has 1 aromatic carbocycles. The lowest BCUT2D eigenvalue weighted by molar-refractivity contribution is -0.114. The van der Waals surface area contributed by atoms with Crippen LogP contribution in [-0.2, 0) is 4.79 Å². The molecule has 0 radical (unpaired) electrons. The maximum Gasteiger partial charge on any atom is 0.299 e. The van der Waals surface area contributed by atoms with Gasteiger partial charge in [0.25, 0.3) is 11.7 Å². The van der Waals surface area contributed by atoms with Gasteiger partial charge < -0.3 is 4.90 Å². The second kappa shape index (κ2) is 4.30. The number of hydrogen-bond donors (Lipinski definition) is 0. The second-order valence-corrected chi connectivity index (χ2v) is 5.30. The van der Waals surface area contributed by atoms with Gasteiger partial charge >= 0.3 is 0 Å². The second-order valence-electron chi connectivity index (χ2n) is 3.59. The lowest BCUT2D eigenvalue weighted by Crippen LogP contribution is -2.31. The molecule has 84 valence electrons. The van der Waals surface area contributed by atoms with Crippen LogP contribution in [0.3, 0.4) is 0 Å². The van der Waals surface area contributed by atoms with Crippen molar-refractivity contribution in [1.29, 1.82) is 0 Å². The van der Waals surface area contributed by atoms with Crippen molar-refractivity contribution in [2.24, 2.45) is 0 Å². The van der Waals surface area contributed by atoms with Crippen molar-refractivity contribution in [2.45, 2.75) is 6.92 Å². The topological polar surface area (TPSA) is 37.4 Å². The number of fused-ring (bicyclic) bond motifs is 1. The van der Waals surface area contributed by atoms with E-state index in [1.54, 1.807) is 6.07 Å². The standard InChI is InChI=1S/C11H9Br2NO2/c1-6-4-7(13)5-8-9(6)14(3-2-12)11(16)10(8)15/h4-5H,2-3H2,1H3. The fraction of sp³-hybridized carbons (Fsp3) is 0.273. The number of alkyl halides is 1. The summed E-state index contributed by atoms with van der Waals surface area (Å²) in [6.45, 7) is 2.41. The number of hydrogen-bond acceptors (Lipinski definition) is 2. The van der Waals surface area contributed by atoms with E-state index in [2.05, 4.69) is 31.9 Å². The Morgan fingerprint density at radius 1 is 1.31 bits per heavy atom. The third-order valence-electron chi connectivity index (χ3n) is 2.53. The summed E-state index contributed by atoms with van der Waals surface area (Å²) in [5, 5.41) is 0.654. The van der Waals surface area contributed by atoms with Crippen LogP contribution >= 0.6 is 31.9 Å². The van der Waals surface area contributed by atoms with Gasteiger partial charge in [-0.05, 0) is 24.6 Å². The van der Waals surface area contributed by atoms with Crippen molar-refractivity contribution in [3.8, 4) is 0 Å². The Balaban J connectivity index is 2.60. The number of rotatable bonds is 2. The van der Waals surface area contributed by atoms with Crippen LogP contribution in [0.5, 0.6) is 0 Å². The molecule has 0 bridgehead atoms. The Morgan fingerprint density at radius 3 is 2.62 bits per heavy atom. The first-order valence-electron chi connectivity index (χ1n) is 4.78. The van der Waals surface area contributed by atoms with Gasteiger partial charge in [0.05, 0.1) is 11.3 Å². The Hall–Kier alpha value is -0.680. The first-order valence-corrected chi connectivity index (χ1v) is 6.70. The van der Waals surface area contributed by atoms with Gasteiger partial charge in [-0.25, -0.2) is 0 Å². The zero-order valence-corrected chi connectivity index (χ0v) is 11.8. The van der Waals surface area contributed by atoms with E-state index in [4.69, 9.17) is 0 Å². The van der Waals surface area contributed by atoms with Crippen molar-refractivity contribution in [2.75, 3.05) is 16.8 Å². The van der Waals surface area contributed by atoms with E-state index in [1.807, 2.05) is 13.0 Å². The van der Waals surface area contributed by atoms with E-state index in [0.717, 1.165) is 15.7 Å². The summed E-state index contributed by atoms with van der Waals surface area (Å²) >= 11 is 6.61. The van der Waals surface area contributed by atoms with E-state index in [9.17, 15) is 9.59 Å². The van der Waals surface area contributed by atoms with Crippen molar-refractivity contribution < 1.29 is 9.59 Å². The Labute approximate surface area is 110 Å². The van der Waals surface area contributed by atoms with Gasteiger partial charge in [0.15, 0.2) is 0 Å². The van der Waals surface area contributed by atoms with Crippen molar-refractivity contribution in [3.05, 3.63) is 27.7 Å². The van der Waals surface area contributed by atoms with Crippen LogP contribution in [0.1, 0.15) is 15.9 Å². The molecule has 0 fully saturated rings. The average molecular weight is 347 g/mol. The largest absolute Gasteiger partial charge is 0.304 e. The minimum Gasteiger partial charge on any atom is -0.304 e. The normalized spacial score (nSPS) is 14.6. The molecule has 0 aromatic heterocycles. The average Bonchev–Trinajstić information content (AvgIpc) is 2.44. The quantitative estimate of drug-likeness (QED) is 0.610. The van der Waals surface area contributed by atoms with Gasteiger partial charge in [-0.3, -0.25) is 9.59 Å². The lowest BCUT2D eigenvalue weighted by Gasteiger charge is -2.17. The van der Waals surface area contributed by atoms with Crippen molar-refractivity contribution in [1.82, 2.24) is 0 Å². The highest BCUT2D eigenvalue weighted by Gasteiger charge is 2.36. The zero-order valence-electron chi connectivity index (χ0n) is 8.59. The first kappa shape index (κ1) is 11.8. The number of anilines is 1. The molecule has 1 heterocycles. The third kappa shape index (κ3) is 1.72. The van der Waals surface area contributed by atoms with E-state index >= 15 is 0 Å². The van der Waals surface area contributed by atoms with Crippen molar-refractivity contribution in [3.63, 3.8) is 0 Å². The number of amides is 1. The Bertz CT molecular complexity index is 485. The lowest BCUT2D eigenvalue weighted by atomic mass is 10.1. The molecule has 0 saturated heterocycles. The number of Topliss-reactive ketones (excluding diaryl/α,β-unsaturated/α-hetero) is 1. The van der Waals surface area contributed by atoms with Crippen LogP contribution in [0.2, 0.25) is 0 Å². The van der Waals surface area contributed by atoms with E-state index in [-0.39, 0.29) is 0 Å². The summed E-state index contributed by atoms with van der Waals surface area (Å²) in [6, 6.07) is 3.61. The minimum atomic E-state index is -0.435. The fourth-order valence-corrected chi connectivity index (χ4v) is 2.83. The number of nitrogens with zero attached hydrogens (tertiary/aromatic N) is 1. The van der Waals surface area contributed by atoms with Gasteiger partial charge in [0.2, 0.25) is 0 Å². The summed E-state index contributed by atoms with van der Waals surface area (Å²) in [6.07, 6.45) is 0. The molecule has 0 spiro atoms. The number of ketones is 1. The number of aryl methyl sites for hydroxylation is 1. The van der Waals surface area contributed by atoms with Crippen LogP contribution in [-0.4, -0.2) is 23.6 Å². The summed E-state index contributed by atoms with van der Waals surface area (Å²) in [5.74, 6) is -0.851. The smallest absolute Gasteiger partial charge is 0.299 e. The van der Waals surface area contributed by atoms with Gasteiger partial charge in [0.1, 0.15) is 0 Å². The SMILES string of the molecule is Cc1cc(Br)cc2c1N(CCBr)C(=O)C2=O. The number of benzene rings is 1. The molecule has 0 atom stereocenters. The zero-order chi connectivity index (χ0) is 11.9.